The molecule has 1 rings (SSSR count). The molecule has 0 unspecified atom stereocenters. The summed E-state index contributed by atoms with van der Waals surface area (Å²) in [6, 6.07) is 0.796. The van der Waals surface area contributed by atoms with Gasteiger partial charge in [-0.2, -0.15) is 0 Å². The molecule has 2 N–H and O–H groups in total. The van der Waals surface area contributed by atoms with E-state index >= 15 is 0 Å². The second-order valence-corrected chi connectivity index (χ2v) is 7.47. The van der Waals surface area contributed by atoms with E-state index in [0.29, 0.717) is 0 Å². The van der Waals surface area contributed by atoms with Crippen molar-refractivity contribution in [1.29, 1.82) is 0 Å². The van der Waals surface area contributed by atoms with Gasteiger partial charge in [0.2, 0.25) is 10.9 Å². The normalized spacial score (nSPS) is 10.5. The highest BCUT2D eigenvalue weighted by atomic mass is 32.2. The quantitative estimate of drug-likeness (QED) is 0.133. The summed E-state index contributed by atoms with van der Waals surface area (Å²) < 4.78 is 32.4. The Bertz CT molecular complexity index is 969. The van der Waals surface area contributed by atoms with E-state index in [2.05, 4.69) is 26.3 Å². The van der Waals surface area contributed by atoms with Crippen molar-refractivity contribution < 1.29 is 37.2 Å². The van der Waals surface area contributed by atoms with E-state index in [1.54, 1.807) is 0 Å². The lowest BCUT2D eigenvalue weighted by atomic mass is 10.2. The number of aromatic nitrogens is 1. The highest BCUT2D eigenvalue weighted by Crippen LogP contribution is 2.22. The van der Waals surface area contributed by atoms with Crippen molar-refractivity contribution >= 4 is 33.3 Å². The van der Waals surface area contributed by atoms with Crippen molar-refractivity contribution in [3.8, 4) is 12.3 Å². The maximum Gasteiger partial charge on any atom is 0.333 e. The summed E-state index contributed by atoms with van der Waals surface area (Å²) in [5.74, 6) is 0.0471. The van der Waals surface area contributed by atoms with Gasteiger partial charge in [0.05, 0.1) is 10.5 Å². The molecule has 0 bridgehead atoms. The molecule has 0 aromatic carbocycles. The third-order valence-electron chi connectivity index (χ3n) is 3.14. The zero-order valence-electron chi connectivity index (χ0n) is 15.7. The first kappa shape index (κ1) is 24.5. The van der Waals surface area contributed by atoms with Crippen LogP contribution in [0.1, 0.15) is 10.4 Å². The van der Waals surface area contributed by atoms with Crippen LogP contribution in [0.5, 0.6) is 0 Å². The molecule has 0 fully saturated rings. The molecule has 0 saturated heterocycles. The molecule has 0 aliphatic rings. The van der Waals surface area contributed by atoms with E-state index in [4.69, 9.17) is 11.2 Å². The molecule has 1 heterocycles. The van der Waals surface area contributed by atoms with Crippen LogP contribution in [-0.2, 0) is 28.9 Å². The van der Waals surface area contributed by atoms with Crippen LogP contribution >= 0.6 is 0 Å². The van der Waals surface area contributed by atoms with Gasteiger partial charge in [0.25, 0.3) is 5.91 Å². The Morgan fingerprint density at radius 3 is 2.53 bits per heavy atom. The van der Waals surface area contributed by atoms with E-state index in [1.165, 1.54) is 0 Å². The second kappa shape index (κ2) is 11.4. The molecule has 0 atom stereocenters. The number of pyridine rings is 1. The Kier molecular flexibility index (Phi) is 9.33. The van der Waals surface area contributed by atoms with E-state index in [-0.39, 0.29) is 25.3 Å². The third-order valence-corrected chi connectivity index (χ3v) is 4.16. The van der Waals surface area contributed by atoms with E-state index in [9.17, 15) is 32.9 Å². The number of hydrogen-bond donors (Lipinski definition) is 2. The van der Waals surface area contributed by atoms with Crippen LogP contribution in [0, 0.1) is 22.5 Å². The van der Waals surface area contributed by atoms with Crippen molar-refractivity contribution in [1.82, 2.24) is 15.6 Å². The van der Waals surface area contributed by atoms with Crippen LogP contribution in [0.2, 0.25) is 0 Å². The molecule has 0 aliphatic carbocycles. The molecule has 1 aromatic heterocycles. The zero-order chi connectivity index (χ0) is 22.7. The van der Waals surface area contributed by atoms with E-state index < -0.39 is 56.5 Å². The van der Waals surface area contributed by atoms with Gasteiger partial charge in [0.1, 0.15) is 13.2 Å². The van der Waals surface area contributed by atoms with Crippen molar-refractivity contribution in [3.63, 3.8) is 0 Å². The summed E-state index contributed by atoms with van der Waals surface area (Å²) in [4.78, 5) is 48.2. The molecule has 1 aromatic rings. The van der Waals surface area contributed by atoms with Crippen LogP contribution in [0.4, 0.5) is 5.69 Å². The van der Waals surface area contributed by atoms with Crippen LogP contribution in [0.3, 0.4) is 0 Å². The minimum Gasteiger partial charge on any atom is -0.451 e. The summed E-state index contributed by atoms with van der Waals surface area (Å²) in [6.45, 7) is -1.14. The SMILES string of the molecule is C#CCOC(=O)COCC(=O)NCCNC(=O)c1cnc(S(C)(=O)=O)c([N+](=O)[O-])c1. The van der Waals surface area contributed by atoms with Gasteiger partial charge in [-0.25, -0.2) is 18.2 Å². The van der Waals surface area contributed by atoms with Crippen molar-refractivity contribution in [2.45, 2.75) is 5.03 Å². The van der Waals surface area contributed by atoms with Gasteiger partial charge in [-0.3, -0.25) is 19.7 Å². The lowest BCUT2D eigenvalue weighted by Crippen LogP contribution is -2.36. The highest BCUT2D eigenvalue weighted by Gasteiger charge is 2.25. The fraction of sp³-hybridized carbons (Fsp3) is 0.375. The standard InChI is InChI=1S/C16H18N4O9S/c1-3-6-29-14(22)10-28-9-13(21)17-4-5-18-15(23)11-7-12(20(24)25)16(19-8-11)30(2,26)27/h1,7-8H,4-6,9-10H2,2H3,(H,17,21)(H,18,23). The van der Waals surface area contributed by atoms with Crippen LogP contribution < -0.4 is 10.6 Å². The molecule has 0 radical (unpaired) electrons. The van der Waals surface area contributed by atoms with Gasteiger partial charge in [-0.15, -0.1) is 6.42 Å². The molecule has 0 saturated carbocycles. The minimum absolute atomic E-state index is 0.00752. The molecular weight excluding hydrogens is 424 g/mol. The number of terminal acetylenes is 1. The molecule has 0 spiro atoms. The Labute approximate surface area is 171 Å². The Morgan fingerprint density at radius 2 is 1.93 bits per heavy atom. The fourth-order valence-electron chi connectivity index (χ4n) is 1.90. The topological polar surface area (TPSA) is 184 Å². The Morgan fingerprint density at radius 1 is 1.27 bits per heavy atom. The summed E-state index contributed by atoms with van der Waals surface area (Å²) in [6.07, 6.45) is 6.56. The Balaban J connectivity index is 2.46. The van der Waals surface area contributed by atoms with E-state index in [1.807, 2.05) is 0 Å². The first-order valence-electron chi connectivity index (χ1n) is 8.12. The molecule has 162 valence electrons. The van der Waals surface area contributed by atoms with Gasteiger partial charge in [-0.1, -0.05) is 5.92 Å². The smallest absolute Gasteiger partial charge is 0.333 e. The molecule has 14 heteroatoms. The summed E-state index contributed by atoms with van der Waals surface area (Å²) in [5, 5.41) is 15.1. The molecule has 30 heavy (non-hydrogen) atoms. The largest absolute Gasteiger partial charge is 0.451 e. The van der Waals surface area contributed by atoms with Crippen molar-refractivity contribution in [2.24, 2.45) is 0 Å². The molecule has 0 aliphatic heterocycles. The number of hydrogen-bond acceptors (Lipinski definition) is 10. The number of ether oxygens (including phenoxy) is 2. The van der Waals surface area contributed by atoms with E-state index in [0.717, 1.165) is 18.5 Å². The molecule has 13 nitrogen and oxygen atoms in total. The van der Waals surface area contributed by atoms with Crippen LogP contribution in [0.15, 0.2) is 17.3 Å². The number of esters is 1. The number of amides is 2. The number of carbonyl (C=O) groups excluding carboxylic acids is 3. The molecular formula is C16H18N4O9S. The lowest BCUT2D eigenvalue weighted by Gasteiger charge is -2.08. The maximum absolute atomic E-state index is 12.0. The average Bonchev–Trinajstić information content (AvgIpc) is 2.68. The fourth-order valence-corrected chi connectivity index (χ4v) is 2.66. The number of nitrogens with one attached hydrogen (secondary N) is 2. The minimum atomic E-state index is -3.95. The van der Waals surface area contributed by atoms with Crippen LogP contribution in [-0.4, -0.2) is 75.3 Å². The first-order valence-corrected chi connectivity index (χ1v) is 10.0. The maximum atomic E-state index is 12.0. The third kappa shape index (κ3) is 8.20. The summed E-state index contributed by atoms with van der Waals surface area (Å²) in [5.41, 5.74) is -1.05. The average molecular weight is 442 g/mol. The second-order valence-electron chi connectivity index (χ2n) is 5.54. The van der Waals surface area contributed by atoms with Gasteiger partial charge in [0, 0.05) is 31.6 Å². The van der Waals surface area contributed by atoms with Crippen LogP contribution in [0.25, 0.3) is 0 Å². The predicted octanol–water partition coefficient (Wildman–Crippen LogP) is -1.57. The zero-order valence-corrected chi connectivity index (χ0v) is 16.6. The number of nitro groups is 1. The first-order chi connectivity index (χ1) is 14.1. The highest BCUT2D eigenvalue weighted by molar-refractivity contribution is 7.90. The van der Waals surface area contributed by atoms with Gasteiger partial charge < -0.3 is 20.1 Å². The molecule has 2 amide bonds. The summed E-state index contributed by atoms with van der Waals surface area (Å²) in [7, 11) is -3.95. The number of nitrogens with zero attached hydrogens (tertiary/aromatic N) is 2. The lowest BCUT2D eigenvalue weighted by molar-refractivity contribution is -0.388. The van der Waals surface area contributed by atoms with Crippen molar-refractivity contribution in [2.75, 3.05) is 39.2 Å². The number of rotatable bonds is 11. The van der Waals surface area contributed by atoms with Gasteiger partial charge >= 0.3 is 11.7 Å². The van der Waals surface area contributed by atoms with Crippen molar-refractivity contribution in [3.05, 3.63) is 27.9 Å². The number of carbonyl (C=O) groups is 3. The monoisotopic (exact) mass is 442 g/mol. The summed E-state index contributed by atoms with van der Waals surface area (Å²) >= 11 is 0. The van der Waals surface area contributed by atoms with Gasteiger partial charge in [-0.05, 0) is 0 Å². The predicted molar refractivity (Wildman–Crippen MR) is 100.0 cm³/mol. The van der Waals surface area contributed by atoms with Gasteiger partial charge in [0.15, 0.2) is 16.4 Å². The number of sulfone groups is 1. The Hall–Kier alpha value is -3.57.